The fourth-order valence-corrected chi connectivity index (χ4v) is 2.99. The Labute approximate surface area is 107 Å². The smallest absolute Gasteiger partial charge is 0.243 e. The molecular formula is C12H18FNO3S. The van der Waals surface area contributed by atoms with Gasteiger partial charge in [0.2, 0.25) is 10.0 Å². The predicted molar refractivity (Wildman–Crippen MR) is 67.1 cm³/mol. The van der Waals surface area contributed by atoms with Gasteiger partial charge in [-0.1, -0.05) is 26.0 Å². The molecule has 0 aromatic heterocycles. The summed E-state index contributed by atoms with van der Waals surface area (Å²) in [6.07, 6.45) is 0.490. The molecule has 0 saturated heterocycles. The Bertz CT molecular complexity index is 488. The fraction of sp³-hybridized carbons (Fsp3) is 0.500. The second-order valence-corrected chi connectivity index (χ2v) is 6.24. The van der Waals surface area contributed by atoms with Crippen molar-refractivity contribution in [3.8, 4) is 0 Å². The zero-order valence-corrected chi connectivity index (χ0v) is 11.2. The van der Waals surface area contributed by atoms with E-state index < -0.39 is 26.8 Å². The van der Waals surface area contributed by atoms with E-state index in [1.807, 2.05) is 13.8 Å². The van der Waals surface area contributed by atoms with Crippen molar-refractivity contribution in [2.24, 2.45) is 5.92 Å². The fourth-order valence-electron chi connectivity index (χ4n) is 1.67. The van der Waals surface area contributed by atoms with Crippen LogP contribution in [0.25, 0.3) is 0 Å². The summed E-state index contributed by atoms with van der Waals surface area (Å²) in [5, 5.41) is 9.13. The van der Waals surface area contributed by atoms with Crippen molar-refractivity contribution in [1.82, 2.24) is 4.72 Å². The molecule has 4 nitrogen and oxygen atoms in total. The van der Waals surface area contributed by atoms with Crippen molar-refractivity contribution in [3.63, 3.8) is 0 Å². The van der Waals surface area contributed by atoms with E-state index in [4.69, 9.17) is 5.11 Å². The molecule has 6 heteroatoms. The summed E-state index contributed by atoms with van der Waals surface area (Å²) in [4.78, 5) is -0.396. The molecule has 1 aromatic carbocycles. The quantitative estimate of drug-likeness (QED) is 0.827. The van der Waals surface area contributed by atoms with E-state index >= 15 is 0 Å². The highest BCUT2D eigenvalue weighted by Gasteiger charge is 2.22. The molecule has 0 aliphatic heterocycles. The Morgan fingerprint density at radius 2 is 1.94 bits per heavy atom. The molecule has 0 amide bonds. The Balaban J connectivity index is 2.91. The van der Waals surface area contributed by atoms with E-state index in [2.05, 4.69) is 4.72 Å². The van der Waals surface area contributed by atoms with Gasteiger partial charge in [0.05, 0.1) is 6.61 Å². The van der Waals surface area contributed by atoms with Gasteiger partial charge in [0, 0.05) is 6.04 Å². The minimum absolute atomic E-state index is 0.227. The lowest BCUT2D eigenvalue weighted by Crippen LogP contribution is -2.38. The van der Waals surface area contributed by atoms with Gasteiger partial charge in [-0.2, -0.15) is 0 Å². The van der Waals surface area contributed by atoms with Crippen molar-refractivity contribution in [2.45, 2.75) is 31.2 Å². The van der Waals surface area contributed by atoms with Crippen molar-refractivity contribution in [1.29, 1.82) is 0 Å². The Morgan fingerprint density at radius 3 is 2.44 bits per heavy atom. The summed E-state index contributed by atoms with van der Waals surface area (Å²) in [7, 11) is -3.93. The number of rotatable bonds is 6. The van der Waals surface area contributed by atoms with Gasteiger partial charge >= 0.3 is 0 Å². The lowest BCUT2D eigenvalue weighted by atomic mass is 10.1. The Kier molecular flexibility index (Phi) is 5.25. The minimum Gasteiger partial charge on any atom is -0.395 e. The van der Waals surface area contributed by atoms with Crippen LogP contribution in [0.1, 0.15) is 20.3 Å². The number of hydrogen-bond acceptors (Lipinski definition) is 3. The molecule has 0 heterocycles. The standard InChI is InChI=1S/C12H18FNO3S/c1-9(2)7-10(8-15)14-18(16,17)12-6-4-3-5-11(12)13/h3-6,9-10,14-15H,7-8H2,1-2H3. The summed E-state index contributed by atoms with van der Waals surface area (Å²) in [6.45, 7) is 3.52. The normalized spacial score (nSPS) is 13.8. The zero-order valence-electron chi connectivity index (χ0n) is 10.4. The topological polar surface area (TPSA) is 66.4 Å². The first kappa shape index (κ1) is 15.1. The van der Waals surface area contributed by atoms with Gasteiger partial charge in [0.15, 0.2) is 0 Å². The largest absolute Gasteiger partial charge is 0.395 e. The monoisotopic (exact) mass is 275 g/mol. The van der Waals surface area contributed by atoms with Gasteiger partial charge in [-0.3, -0.25) is 0 Å². The highest BCUT2D eigenvalue weighted by molar-refractivity contribution is 7.89. The summed E-state index contributed by atoms with van der Waals surface area (Å²) in [6, 6.07) is 4.56. The van der Waals surface area contributed by atoms with E-state index in [9.17, 15) is 12.8 Å². The molecule has 18 heavy (non-hydrogen) atoms. The van der Waals surface area contributed by atoms with Crippen molar-refractivity contribution < 1.29 is 17.9 Å². The van der Waals surface area contributed by atoms with E-state index in [-0.39, 0.29) is 12.5 Å². The molecule has 1 unspecified atom stereocenters. The van der Waals surface area contributed by atoms with E-state index in [0.29, 0.717) is 6.42 Å². The Hall–Kier alpha value is -0.980. The number of benzene rings is 1. The molecule has 0 aliphatic carbocycles. The van der Waals surface area contributed by atoms with Crippen LogP contribution in [0, 0.1) is 11.7 Å². The SMILES string of the molecule is CC(C)CC(CO)NS(=O)(=O)c1ccccc1F. The number of sulfonamides is 1. The molecule has 1 rings (SSSR count). The molecule has 102 valence electrons. The average Bonchev–Trinajstić information content (AvgIpc) is 2.27. The lowest BCUT2D eigenvalue weighted by Gasteiger charge is -2.18. The van der Waals surface area contributed by atoms with E-state index in [0.717, 1.165) is 6.07 Å². The maximum atomic E-state index is 13.4. The molecule has 0 fully saturated rings. The third-order valence-corrected chi connectivity index (χ3v) is 3.98. The maximum absolute atomic E-state index is 13.4. The number of halogens is 1. The van der Waals surface area contributed by atoms with E-state index in [1.54, 1.807) is 0 Å². The predicted octanol–water partition coefficient (Wildman–Crippen LogP) is 1.51. The van der Waals surface area contributed by atoms with Crippen LogP contribution in [0.4, 0.5) is 4.39 Å². The first-order chi connectivity index (χ1) is 8.36. The average molecular weight is 275 g/mol. The first-order valence-electron chi connectivity index (χ1n) is 5.74. The molecular weight excluding hydrogens is 257 g/mol. The molecule has 0 saturated carbocycles. The van der Waals surface area contributed by atoms with Crippen LogP contribution in [0.2, 0.25) is 0 Å². The number of aliphatic hydroxyl groups excluding tert-OH is 1. The molecule has 2 N–H and O–H groups in total. The molecule has 0 bridgehead atoms. The van der Waals surface area contributed by atoms with Crippen LogP contribution in [-0.2, 0) is 10.0 Å². The third kappa shape index (κ3) is 4.04. The third-order valence-electron chi connectivity index (χ3n) is 2.42. The van der Waals surface area contributed by atoms with Crippen LogP contribution in [0.3, 0.4) is 0 Å². The molecule has 0 aliphatic rings. The highest BCUT2D eigenvalue weighted by Crippen LogP contribution is 2.15. The summed E-state index contributed by atoms with van der Waals surface area (Å²) in [5.41, 5.74) is 0. The van der Waals surface area contributed by atoms with Crippen LogP contribution < -0.4 is 4.72 Å². The molecule has 1 atom stereocenters. The van der Waals surface area contributed by atoms with Gasteiger partial charge < -0.3 is 5.11 Å². The van der Waals surface area contributed by atoms with Crippen molar-refractivity contribution in [2.75, 3.05) is 6.61 Å². The van der Waals surface area contributed by atoms with Gasteiger partial charge in [0.1, 0.15) is 10.7 Å². The number of hydrogen-bond donors (Lipinski definition) is 2. The number of nitrogens with one attached hydrogen (secondary N) is 1. The maximum Gasteiger partial charge on any atom is 0.243 e. The second-order valence-electron chi connectivity index (χ2n) is 4.56. The number of aliphatic hydroxyl groups is 1. The minimum atomic E-state index is -3.93. The molecule has 1 aromatic rings. The van der Waals surface area contributed by atoms with Gasteiger partial charge in [0.25, 0.3) is 0 Å². The van der Waals surface area contributed by atoms with Crippen molar-refractivity contribution >= 4 is 10.0 Å². The first-order valence-corrected chi connectivity index (χ1v) is 7.23. The zero-order chi connectivity index (χ0) is 13.8. The van der Waals surface area contributed by atoms with Crippen LogP contribution in [-0.4, -0.2) is 26.2 Å². The van der Waals surface area contributed by atoms with E-state index in [1.165, 1.54) is 18.2 Å². The summed E-state index contributed by atoms with van der Waals surface area (Å²) >= 11 is 0. The summed E-state index contributed by atoms with van der Waals surface area (Å²) in [5.74, 6) is -0.572. The second kappa shape index (κ2) is 6.26. The van der Waals surface area contributed by atoms with Gasteiger partial charge in [-0.25, -0.2) is 17.5 Å². The van der Waals surface area contributed by atoms with Gasteiger partial charge in [-0.15, -0.1) is 0 Å². The van der Waals surface area contributed by atoms with Gasteiger partial charge in [-0.05, 0) is 24.5 Å². The van der Waals surface area contributed by atoms with Crippen LogP contribution in [0.15, 0.2) is 29.2 Å². The Morgan fingerprint density at radius 1 is 1.33 bits per heavy atom. The lowest BCUT2D eigenvalue weighted by molar-refractivity contribution is 0.240. The molecule has 0 radical (unpaired) electrons. The van der Waals surface area contributed by atoms with Crippen LogP contribution in [0.5, 0.6) is 0 Å². The summed E-state index contributed by atoms with van der Waals surface area (Å²) < 4.78 is 39.6. The highest BCUT2D eigenvalue weighted by atomic mass is 32.2. The molecule has 0 spiro atoms. The van der Waals surface area contributed by atoms with Crippen molar-refractivity contribution in [3.05, 3.63) is 30.1 Å². The van der Waals surface area contributed by atoms with Crippen LogP contribution >= 0.6 is 0 Å².